The SMILES string of the molecule is CC1CC(OC(=O)C2CC3CCCCC3N2)CC(C)O1. The average molecular weight is 281 g/mol. The van der Waals surface area contributed by atoms with Crippen LogP contribution in [0.25, 0.3) is 0 Å². The highest BCUT2D eigenvalue weighted by molar-refractivity contribution is 5.76. The number of fused-ring (bicyclic) bond motifs is 1. The van der Waals surface area contributed by atoms with Crippen molar-refractivity contribution in [2.75, 3.05) is 0 Å². The molecular weight excluding hydrogens is 254 g/mol. The lowest BCUT2D eigenvalue weighted by Crippen LogP contribution is -2.41. The van der Waals surface area contributed by atoms with Crippen molar-refractivity contribution in [3.8, 4) is 0 Å². The Morgan fingerprint density at radius 1 is 1.10 bits per heavy atom. The normalized spacial score (nSPS) is 44.9. The lowest BCUT2D eigenvalue weighted by molar-refractivity contribution is -0.161. The Labute approximate surface area is 121 Å². The standard InChI is InChI=1S/C16H27NO3/c1-10-7-13(8-11(2)19-10)20-16(18)15-9-12-5-3-4-6-14(12)17-15/h10-15,17H,3-9H2,1-2H3. The number of ether oxygens (including phenoxy) is 2. The molecule has 3 fully saturated rings. The monoisotopic (exact) mass is 281 g/mol. The Kier molecular flexibility index (Phi) is 4.32. The molecular formula is C16H27NO3. The fourth-order valence-electron chi connectivity index (χ4n) is 4.19. The van der Waals surface area contributed by atoms with Crippen LogP contribution in [0.2, 0.25) is 0 Å². The third-order valence-corrected chi connectivity index (χ3v) is 5.08. The van der Waals surface area contributed by atoms with Gasteiger partial charge < -0.3 is 14.8 Å². The molecule has 0 aromatic rings. The van der Waals surface area contributed by atoms with Gasteiger partial charge in [-0.1, -0.05) is 12.8 Å². The van der Waals surface area contributed by atoms with E-state index in [0.29, 0.717) is 12.0 Å². The molecule has 1 N–H and O–H groups in total. The zero-order valence-electron chi connectivity index (χ0n) is 12.6. The van der Waals surface area contributed by atoms with Crippen molar-refractivity contribution in [3.63, 3.8) is 0 Å². The first-order chi connectivity index (χ1) is 9.61. The lowest BCUT2D eigenvalue weighted by atomic mass is 9.85. The molecule has 0 aromatic heterocycles. The Morgan fingerprint density at radius 2 is 1.80 bits per heavy atom. The smallest absolute Gasteiger partial charge is 0.323 e. The van der Waals surface area contributed by atoms with Crippen LogP contribution in [0.5, 0.6) is 0 Å². The van der Waals surface area contributed by atoms with E-state index in [4.69, 9.17) is 9.47 Å². The quantitative estimate of drug-likeness (QED) is 0.790. The number of esters is 1. The maximum Gasteiger partial charge on any atom is 0.323 e. The molecule has 1 saturated carbocycles. The van der Waals surface area contributed by atoms with Gasteiger partial charge in [-0.3, -0.25) is 4.79 Å². The second kappa shape index (κ2) is 6.02. The van der Waals surface area contributed by atoms with Gasteiger partial charge in [-0.15, -0.1) is 0 Å². The Morgan fingerprint density at radius 3 is 2.50 bits per heavy atom. The van der Waals surface area contributed by atoms with Gasteiger partial charge in [-0.05, 0) is 39.0 Å². The van der Waals surface area contributed by atoms with Crippen LogP contribution < -0.4 is 5.32 Å². The molecule has 5 unspecified atom stereocenters. The Bertz CT molecular complexity index is 336. The van der Waals surface area contributed by atoms with Crippen molar-refractivity contribution < 1.29 is 14.3 Å². The molecule has 3 aliphatic rings. The molecule has 0 bridgehead atoms. The highest BCUT2D eigenvalue weighted by Crippen LogP contribution is 2.34. The topological polar surface area (TPSA) is 47.6 Å². The maximum atomic E-state index is 12.3. The third-order valence-electron chi connectivity index (χ3n) is 5.08. The molecule has 1 aliphatic carbocycles. The largest absolute Gasteiger partial charge is 0.461 e. The molecule has 2 aliphatic heterocycles. The van der Waals surface area contributed by atoms with Gasteiger partial charge >= 0.3 is 5.97 Å². The van der Waals surface area contributed by atoms with E-state index in [1.54, 1.807) is 0 Å². The summed E-state index contributed by atoms with van der Waals surface area (Å²) in [5.41, 5.74) is 0. The van der Waals surface area contributed by atoms with Crippen LogP contribution in [0.15, 0.2) is 0 Å². The Hall–Kier alpha value is -0.610. The number of carbonyl (C=O) groups excluding carboxylic acids is 1. The maximum absolute atomic E-state index is 12.3. The summed E-state index contributed by atoms with van der Waals surface area (Å²) in [6, 6.07) is 0.477. The van der Waals surface area contributed by atoms with E-state index in [0.717, 1.165) is 19.3 Å². The summed E-state index contributed by atoms with van der Waals surface area (Å²) >= 11 is 0. The number of hydrogen-bond donors (Lipinski definition) is 1. The number of hydrogen-bond acceptors (Lipinski definition) is 4. The van der Waals surface area contributed by atoms with Crippen LogP contribution in [0.4, 0.5) is 0 Å². The van der Waals surface area contributed by atoms with E-state index in [2.05, 4.69) is 19.2 Å². The zero-order valence-corrected chi connectivity index (χ0v) is 12.6. The fourth-order valence-corrected chi connectivity index (χ4v) is 4.19. The molecule has 5 atom stereocenters. The molecule has 0 aromatic carbocycles. The molecule has 4 heteroatoms. The summed E-state index contributed by atoms with van der Waals surface area (Å²) in [4.78, 5) is 12.3. The molecule has 4 nitrogen and oxygen atoms in total. The second-order valence-electron chi connectivity index (χ2n) is 6.89. The minimum Gasteiger partial charge on any atom is -0.461 e. The van der Waals surface area contributed by atoms with E-state index >= 15 is 0 Å². The van der Waals surface area contributed by atoms with Crippen molar-refractivity contribution in [1.82, 2.24) is 5.32 Å². The van der Waals surface area contributed by atoms with Crippen LogP contribution in [0, 0.1) is 5.92 Å². The van der Waals surface area contributed by atoms with Gasteiger partial charge in [0.05, 0.1) is 12.2 Å². The molecule has 0 amide bonds. The first-order valence-corrected chi connectivity index (χ1v) is 8.24. The number of rotatable bonds is 2. The minimum absolute atomic E-state index is 0.0330. The van der Waals surface area contributed by atoms with Crippen LogP contribution in [0.3, 0.4) is 0 Å². The van der Waals surface area contributed by atoms with Crippen molar-refractivity contribution in [1.29, 1.82) is 0 Å². The van der Waals surface area contributed by atoms with E-state index in [9.17, 15) is 4.79 Å². The molecule has 0 spiro atoms. The van der Waals surface area contributed by atoms with Crippen molar-refractivity contribution in [2.45, 2.75) is 89.2 Å². The van der Waals surface area contributed by atoms with Gasteiger partial charge in [0.15, 0.2) is 0 Å². The lowest BCUT2D eigenvalue weighted by Gasteiger charge is -2.32. The minimum atomic E-state index is -0.0726. The zero-order chi connectivity index (χ0) is 14.1. The predicted octanol–water partition coefficient (Wildman–Crippen LogP) is 2.41. The molecule has 2 heterocycles. The molecule has 0 radical (unpaired) electrons. The van der Waals surface area contributed by atoms with Gasteiger partial charge in [0, 0.05) is 18.9 Å². The summed E-state index contributed by atoms with van der Waals surface area (Å²) in [6.07, 6.45) is 8.15. The third kappa shape index (κ3) is 3.17. The van der Waals surface area contributed by atoms with E-state index in [-0.39, 0.29) is 30.3 Å². The molecule has 20 heavy (non-hydrogen) atoms. The van der Waals surface area contributed by atoms with Crippen LogP contribution in [-0.4, -0.2) is 36.4 Å². The first kappa shape index (κ1) is 14.3. The molecule has 3 rings (SSSR count). The molecule has 2 saturated heterocycles. The van der Waals surface area contributed by atoms with E-state index < -0.39 is 0 Å². The van der Waals surface area contributed by atoms with Gasteiger partial charge in [0.25, 0.3) is 0 Å². The van der Waals surface area contributed by atoms with Crippen LogP contribution in [-0.2, 0) is 14.3 Å². The first-order valence-electron chi connectivity index (χ1n) is 8.24. The van der Waals surface area contributed by atoms with Crippen LogP contribution in [0.1, 0.15) is 58.8 Å². The van der Waals surface area contributed by atoms with Gasteiger partial charge in [-0.25, -0.2) is 0 Å². The van der Waals surface area contributed by atoms with Gasteiger partial charge in [0.1, 0.15) is 12.1 Å². The van der Waals surface area contributed by atoms with Crippen molar-refractivity contribution >= 4 is 5.97 Å². The predicted molar refractivity (Wildman–Crippen MR) is 76.4 cm³/mol. The average Bonchev–Trinajstić information content (AvgIpc) is 2.81. The summed E-state index contributed by atoms with van der Waals surface area (Å²) < 4.78 is 11.4. The van der Waals surface area contributed by atoms with Gasteiger partial charge in [0.2, 0.25) is 0 Å². The number of carbonyl (C=O) groups is 1. The summed E-state index contributed by atoms with van der Waals surface area (Å²) in [6.45, 7) is 4.11. The number of nitrogens with one attached hydrogen (secondary N) is 1. The highest BCUT2D eigenvalue weighted by Gasteiger charge is 2.40. The van der Waals surface area contributed by atoms with Crippen LogP contribution >= 0.6 is 0 Å². The second-order valence-corrected chi connectivity index (χ2v) is 6.89. The van der Waals surface area contributed by atoms with E-state index in [1.807, 2.05) is 0 Å². The van der Waals surface area contributed by atoms with E-state index in [1.165, 1.54) is 25.7 Å². The summed E-state index contributed by atoms with van der Waals surface area (Å²) in [5.74, 6) is 0.652. The van der Waals surface area contributed by atoms with Crippen molar-refractivity contribution in [2.24, 2.45) is 5.92 Å². The molecule has 114 valence electrons. The Balaban J connectivity index is 1.52. The fraction of sp³-hybridized carbons (Fsp3) is 0.938. The summed E-state index contributed by atoms with van der Waals surface area (Å²) in [5, 5.41) is 3.50. The summed E-state index contributed by atoms with van der Waals surface area (Å²) in [7, 11) is 0. The van der Waals surface area contributed by atoms with Crippen molar-refractivity contribution in [3.05, 3.63) is 0 Å². The highest BCUT2D eigenvalue weighted by atomic mass is 16.6. The van der Waals surface area contributed by atoms with Gasteiger partial charge in [-0.2, -0.15) is 0 Å².